The first kappa shape index (κ1) is 10.7. The zero-order valence-electron chi connectivity index (χ0n) is 10.2. The van der Waals surface area contributed by atoms with Crippen molar-refractivity contribution in [1.29, 1.82) is 0 Å². The number of nitrogens with zero attached hydrogens (tertiary/aromatic N) is 2. The van der Waals surface area contributed by atoms with Gasteiger partial charge in [-0.25, -0.2) is 0 Å². The van der Waals surface area contributed by atoms with E-state index in [9.17, 15) is 0 Å². The summed E-state index contributed by atoms with van der Waals surface area (Å²) in [6, 6.07) is 6.32. The minimum Gasteiger partial charge on any atom is -0.387 e. The summed E-state index contributed by atoms with van der Waals surface area (Å²) in [6.07, 6.45) is 1.91. The highest BCUT2D eigenvalue weighted by Gasteiger charge is 2.05. The number of nitrogens with one attached hydrogen (secondary N) is 1. The van der Waals surface area contributed by atoms with Crippen molar-refractivity contribution in [2.75, 3.05) is 31.4 Å². The second kappa shape index (κ2) is 4.00. The third kappa shape index (κ3) is 1.69. The molecule has 0 amide bonds. The third-order valence-electron chi connectivity index (χ3n) is 2.81. The van der Waals surface area contributed by atoms with Gasteiger partial charge in [0, 0.05) is 44.1 Å². The van der Waals surface area contributed by atoms with Gasteiger partial charge in [0.15, 0.2) is 0 Å². The Bertz CT molecular complexity index is 518. The number of pyridine rings is 1. The molecule has 16 heavy (non-hydrogen) atoms. The van der Waals surface area contributed by atoms with E-state index in [0.29, 0.717) is 0 Å². The van der Waals surface area contributed by atoms with Crippen LogP contribution in [-0.4, -0.2) is 26.1 Å². The Morgan fingerprint density at radius 3 is 2.62 bits per heavy atom. The zero-order chi connectivity index (χ0) is 11.7. The Morgan fingerprint density at radius 1 is 1.25 bits per heavy atom. The minimum absolute atomic E-state index is 1.03. The third-order valence-corrected chi connectivity index (χ3v) is 2.81. The van der Waals surface area contributed by atoms with Crippen LogP contribution in [0.5, 0.6) is 0 Å². The highest BCUT2D eigenvalue weighted by molar-refractivity contribution is 5.94. The number of hydrogen-bond donors (Lipinski definition) is 1. The van der Waals surface area contributed by atoms with E-state index in [4.69, 9.17) is 0 Å². The number of benzene rings is 1. The molecule has 1 heterocycles. The molecule has 2 rings (SSSR count). The summed E-state index contributed by atoms with van der Waals surface area (Å²) >= 11 is 0. The topological polar surface area (TPSA) is 28.2 Å². The second-order valence-corrected chi connectivity index (χ2v) is 4.16. The van der Waals surface area contributed by atoms with Crippen molar-refractivity contribution < 1.29 is 0 Å². The lowest BCUT2D eigenvalue weighted by Crippen LogP contribution is -2.08. The lowest BCUT2D eigenvalue weighted by Gasteiger charge is -2.15. The van der Waals surface area contributed by atoms with Gasteiger partial charge in [-0.2, -0.15) is 0 Å². The molecule has 1 N–H and O–H groups in total. The number of anilines is 2. The van der Waals surface area contributed by atoms with Crippen LogP contribution in [0.25, 0.3) is 10.9 Å². The maximum absolute atomic E-state index is 4.43. The predicted octanol–water partition coefficient (Wildman–Crippen LogP) is 2.65. The Labute approximate surface area is 96.1 Å². The van der Waals surface area contributed by atoms with Crippen LogP contribution >= 0.6 is 0 Å². The van der Waals surface area contributed by atoms with Crippen LogP contribution in [0.1, 0.15) is 5.56 Å². The molecule has 0 fully saturated rings. The fourth-order valence-electron chi connectivity index (χ4n) is 1.89. The average molecular weight is 215 g/mol. The van der Waals surface area contributed by atoms with Crippen molar-refractivity contribution in [3.63, 3.8) is 0 Å². The van der Waals surface area contributed by atoms with Gasteiger partial charge in [-0.1, -0.05) is 0 Å². The molecule has 0 aliphatic heterocycles. The van der Waals surface area contributed by atoms with Crippen molar-refractivity contribution in [3.05, 3.63) is 30.0 Å². The Hall–Kier alpha value is -1.77. The highest BCUT2D eigenvalue weighted by Crippen LogP contribution is 2.28. The maximum atomic E-state index is 4.43. The zero-order valence-corrected chi connectivity index (χ0v) is 10.2. The molecule has 0 aliphatic rings. The van der Waals surface area contributed by atoms with E-state index in [1.165, 1.54) is 16.6 Å². The van der Waals surface area contributed by atoms with E-state index in [1.807, 2.05) is 27.3 Å². The van der Waals surface area contributed by atoms with Crippen LogP contribution in [0.2, 0.25) is 0 Å². The van der Waals surface area contributed by atoms with Gasteiger partial charge in [0.25, 0.3) is 0 Å². The van der Waals surface area contributed by atoms with Crippen LogP contribution in [0, 0.1) is 6.92 Å². The standard InChI is InChI=1S/C13H17N3/c1-9-8-15-12-6-5-10(16(3)4)7-11(12)13(9)14-2/h5-8H,1-4H3,(H,14,15). The molecule has 84 valence electrons. The second-order valence-electron chi connectivity index (χ2n) is 4.16. The number of aromatic nitrogens is 1. The van der Waals surface area contributed by atoms with Crippen molar-refractivity contribution in [1.82, 2.24) is 4.98 Å². The molecule has 0 spiro atoms. The van der Waals surface area contributed by atoms with Gasteiger partial charge in [-0.15, -0.1) is 0 Å². The molecule has 3 nitrogen and oxygen atoms in total. The van der Waals surface area contributed by atoms with Crippen LogP contribution in [-0.2, 0) is 0 Å². The Kier molecular flexibility index (Phi) is 2.69. The van der Waals surface area contributed by atoms with Crippen molar-refractivity contribution in [2.45, 2.75) is 6.92 Å². The van der Waals surface area contributed by atoms with Crippen LogP contribution in [0.15, 0.2) is 24.4 Å². The summed E-state index contributed by atoms with van der Waals surface area (Å²) in [5.41, 5.74) is 4.55. The number of rotatable bonds is 2. The van der Waals surface area contributed by atoms with Gasteiger partial charge < -0.3 is 10.2 Å². The molecule has 3 heteroatoms. The van der Waals surface area contributed by atoms with E-state index in [0.717, 1.165) is 11.2 Å². The summed E-state index contributed by atoms with van der Waals surface area (Å²) in [4.78, 5) is 6.53. The van der Waals surface area contributed by atoms with E-state index >= 15 is 0 Å². The lowest BCUT2D eigenvalue weighted by atomic mass is 10.1. The van der Waals surface area contributed by atoms with Gasteiger partial charge in [0.2, 0.25) is 0 Å². The smallest absolute Gasteiger partial charge is 0.0724 e. The lowest BCUT2D eigenvalue weighted by molar-refractivity contribution is 1.13. The largest absolute Gasteiger partial charge is 0.387 e. The maximum Gasteiger partial charge on any atom is 0.0724 e. The van der Waals surface area contributed by atoms with Gasteiger partial charge in [0.05, 0.1) is 5.52 Å². The first-order valence-corrected chi connectivity index (χ1v) is 5.38. The first-order valence-electron chi connectivity index (χ1n) is 5.38. The van der Waals surface area contributed by atoms with Gasteiger partial charge in [0.1, 0.15) is 0 Å². The number of aryl methyl sites for hydroxylation is 1. The van der Waals surface area contributed by atoms with Crippen molar-refractivity contribution in [3.8, 4) is 0 Å². The average Bonchev–Trinajstić information content (AvgIpc) is 2.28. The fraction of sp³-hybridized carbons (Fsp3) is 0.308. The fourth-order valence-corrected chi connectivity index (χ4v) is 1.89. The summed E-state index contributed by atoms with van der Waals surface area (Å²) in [6.45, 7) is 2.07. The molecule has 0 unspecified atom stereocenters. The van der Waals surface area contributed by atoms with E-state index < -0.39 is 0 Å². The van der Waals surface area contributed by atoms with Gasteiger partial charge in [-0.05, 0) is 30.7 Å². The van der Waals surface area contributed by atoms with E-state index in [-0.39, 0.29) is 0 Å². The summed E-state index contributed by atoms with van der Waals surface area (Å²) in [7, 11) is 6.04. The van der Waals surface area contributed by atoms with Crippen molar-refractivity contribution in [2.24, 2.45) is 0 Å². The predicted molar refractivity (Wildman–Crippen MR) is 70.4 cm³/mol. The minimum atomic E-state index is 1.03. The van der Waals surface area contributed by atoms with Gasteiger partial charge in [-0.3, -0.25) is 4.98 Å². The number of fused-ring (bicyclic) bond motifs is 1. The molecule has 1 aromatic heterocycles. The summed E-state index contributed by atoms with van der Waals surface area (Å²) < 4.78 is 0. The number of hydrogen-bond acceptors (Lipinski definition) is 3. The molecule has 0 radical (unpaired) electrons. The molecular weight excluding hydrogens is 198 g/mol. The Morgan fingerprint density at radius 2 is 2.00 bits per heavy atom. The summed E-state index contributed by atoms with van der Waals surface area (Å²) in [5, 5.41) is 4.42. The SMILES string of the molecule is CNc1c(C)cnc2ccc(N(C)C)cc12. The molecule has 0 bridgehead atoms. The quantitative estimate of drug-likeness (QED) is 0.834. The van der Waals surface area contributed by atoms with Crippen LogP contribution in [0.4, 0.5) is 11.4 Å². The Balaban J connectivity index is 2.73. The van der Waals surface area contributed by atoms with E-state index in [1.54, 1.807) is 0 Å². The monoisotopic (exact) mass is 215 g/mol. The van der Waals surface area contributed by atoms with Gasteiger partial charge >= 0.3 is 0 Å². The molecule has 2 aromatic rings. The molecule has 0 saturated heterocycles. The van der Waals surface area contributed by atoms with E-state index in [2.05, 4.69) is 40.3 Å². The highest BCUT2D eigenvalue weighted by atomic mass is 15.1. The molecule has 1 aromatic carbocycles. The normalized spacial score (nSPS) is 10.5. The van der Waals surface area contributed by atoms with Crippen LogP contribution in [0.3, 0.4) is 0 Å². The molecule has 0 saturated carbocycles. The first-order chi connectivity index (χ1) is 7.63. The van der Waals surface area contributed by atoms with Crippen LogP contribution < -0.4 is 10.2 Å². The van der Waals surface area contributed by atoms with Crippen molar-refractivity contribution >= 4 is 22.3 Å². The molecular formula is C13H17N3. The molecule has 0 atom stereocenters. The summed E-state index contributed by atoms with van der Waals surface area (Å²) in [5.74, 6) is 0. The molecule has 0 aliphatic carbocycles.